The number of amides is 1. The summed E-state index contributed by atoms with van der Waals surface area (Å²) in [6.07, 6.45) is 5.03. The number of H-pyrrole nitrogens is 1. The Kier molecular flexibility index (Phi) is 8.22. The Morgan fingerprint density at radius 2 is 1.72 bits per heavy atom. The first-order valence-corrected chi connectivity index (χ1v) is 11.3. The Labute approximate surface area is 189 Å². The zero-order chi connectivity index (χ0) is 23.1. The molecule has 0 unspecified atom stereocenters. The third-order valence-corrected chi connectivity index (χ3v) is 6.09. The zero-order valence-corrected chi connectivity index (χ0v) is 19.3. The fourth-order valence-electron chi connectivity index (χ4n) is 4.36. The molecule has 1 fully saturated rings. The summed E-state index contributed by atoms with van der Waals surface area (Å²) in [6.45, 7) is 6.63. The van der Waals surface area contributed by atoms with E-state index in [1.165, 1.54) is 45.3 Å². The van der Waals surface area contributed by atoms with Crippen LogP contribution in [0.2, 0.25) is 0 Å². The molecule has 0 saturated carbocycles. The fraction of sp³-hybridized carbons (Fsp3) is 0.480. The van der Waals surface area contributed by atoms with E-state index in [2.05, 4.69) is 21.3 Å². The third-order valence-electron chi connectivity index (χ3n) is 6.09. The summed E-state index contributed by atoms with van der Waals surface area (Å²) in [6, 6.07) is 8.18. The third kappa shape index (κ3) is 5.85. The Hall–Kier alpha value is -2.93. The Morgan fingerprint density at radius 1 is 1.06 bits per heavy atom. The molecule has 7 nitrogen and oxygen atoms in total. The van der Waals surface area contributed by atoms with Gasteiger partial charge in [0.15, 0.2) is 5.78 Å². The number of methoxy groups -OCH3 is 1. The van der Waals surface area contributed by atoms with Gasteiger partial charge in [0.2, 0.25) is 5.91 Å². The van der Waals surface area contributed by atoms with Gasteiger partial charge in [-0.1, -0.05) is 37.1 Å². The average molecular weight is 440 g/mol. The smallest absolute Gasteiger partial charge is 0.339 e. The molecular weight excluding hydrogens is 406 g/mol. The second kappa shape index (κ2) is 11.1. The minimum absolute atomic E-state index is 0.0349. The summed E-state index contributed by atoms with van der Waals surface area (Å²) in [4.78, 5) is 42.2. The lowest BCUT2D eigenvalue weighted by Gasteiger charge is -2.21. The number of benzene rings is 1. The molecule has 172 valence electrons. The predicted molar refractivity (Wildman–Crippen MR) is 123 cm³/mol. The van der Waals surface area contributed by atoms with Crippen molar-refractivity contribution < 1.29 is 19.1 Å². The standard InChI is InChI=1S/C25H33N3O4/c1-17-23(25(31)32-3)21(27-24(17)18(2)29)14-22(30)26-15-19-10-6-7-11-20(19)16-28-12-8-4-5-9-13-28/h6-7,10-11,27H,4-5,8-9,12-16H2,1-3H3,(H,26,30). The van der Waals surface area contributed by atoms with E-state index >= 15 is 0 Å². The van der Waals surface area contributed by atoms with Crippen LogP contribution >= 0.6 is 0 Å². The number of rotatable bonds is 8. The Balaban J connectivity index is 1.68. The number of Topliss-reactive ketones (excluding diaryl/α,β-unsaturated/α-hetero) is 1. The van der Waals surface area contributed by atoms with E-state index in [9.17, 15) is 14.4 Å². The van der Waals surface area contributed by atoms with Crippen molar-refractivity contribution in [2.75, 3.05) is 20.2 Å². The number of aromatic amines is 1. The highest BCUT2D eigenvalue weighted by molar-refractivity contribution is 6.01. The van der Waals surface area contributed by atoms with Gasteiger partial charge in [0.05, 0.1) is 24.8 Å². The summed E-state index contributed by atoms with van der Waals surface area (Å²) in [5.74, 6) is -0.977. The van der Waals surface area contributed by atoms with Gasteiger partial charge in [0.1, 0.15) is 0 Å². The first-order chi connectivity index (χ1) is 15.4. The SMILES string of the molecule is COC(=O)c1c(CC(=O)NCc2ccccc2CN2CCCCCC2)[nH]c(C(C)=O)c1C. The number of hydrogen-bond acceptors (Lipinski definition) is 5. The van der Waals surface area contributed by atoms with Crippen molar-refractivity contribution >= 4 is 17.7 Å². The van der Waals surface area contributed by atoms with Crippen molar-refractivity contribution in [1.29, 1.82) is 0 Å². The molecule has 1 saturated heterocycles. The maximum absolute atomic E-state index is 12.7. The quantitative estimate of drug-likeness (QED) is 0.485. The minimum atomic E-state index is -0.558. The molecule has 2 N–H and O–H groups in total. The van der Waals surface area contributed by atoms with Crippen LogP contribution in [0.25, 0.3) is 0 Å². The van der Waals surface area contributed by atoms with Crippen molar-refractivity contribution in [3.63, 3.8) is 0 Å². The molecule has 32 heavy (non-hydrogen) atoms. The molecule has 0 radical (unpaired) electrons. The van der Waals surface area contributed by atoms with Crippen molar-refractivity contribution in [2.45, 2.75) is 59.0 Å². The molecule has 0 aliphatic carbocycles. The van der Waals surface area contributed by atoms with Crippen molar-refractivity contribution in [3.05, 3.63) is 57.9 Å². The lowest BCUT2D eigenvalue weighted by molar-refractivity contribution is -0.120. The van der Waals surface area contributed by atoms with Crippen molar-refractivity contribution in [1.82, 2.24) is 15.2 Å². The normalized spacial score (nSPS) is 14.6. The molecule has 1 aromatic carbocycles. The highest BCUT2D eigenvalue weighted by atomic mass is 16.5. The topological polar surface area (TPSA) is 91.5 Å². The van der Waals surface area contributed by atoms with Crippen LogP contribution in [-0.2, 0) is 29.0 Å². The number of nitrogens with zero attached hydrogens (tertiary/aromatic N) is 1. The van der Waals surface area contributed by atoms with Crippen LogP contribution in [0.1, 0.15) is 75.8 Å². The maximum Gasteiger partial charge on any atom is 0.339 e. The molecule has 0 bridgehead atoms. The lowest BCUT2D eigenvalue weighted by Crippen LogP contribution is -2.28. The number of esters is 1. The average Bonchev–Trinajstić information content (AvgIpc) is 2.92. The summed E-state index contributed by atoms with van der Waals surface area (Å²) < 4.78 is 4.85. The van der Waals surface area contributed by atoms with Crippen LogP contribution in [0.5, 0.6) is 0 Å². The van der Waals surface area contributed by atoms with Crippen LogP contribution in [-0.4, -0.2) is 47.7 Å². The number of aromatic nitrogens is 1. The Morgan fingerprint density at radius 3 is 2.34 bits per heavy atom. The van der Waals surface area contributed by atoms with E-state index < -0.39 is 5.97 Å². The molecule has 0 spiro atoms. The van der Waals surface area contributed by atoms with Crippen LogP contribution in [0.3, 0.4) is 0 Å². The van der Waals surface area contributed by atoms with E-state index in [0.717, 1.165) is 25.2 Å². The summed E-state index contributed by atoms with van der Waals surface area (Å²) in [5, 5.41) is 2.97. The summed E-state index contributed by atoms with van der Waals surface area (Å²) in [5.41, 5.74) is 3.81. The molecule has 1 amide bonds. The van der Waals surface area contributed by atoms with E-state index in [4.69, 9.17) is 4.74 Å². The van der Waals surface area contributed by atoms with E-state index in [-0.39, 0.29) is 23.7 Å². The first kappa shape index (κ1) is 23.7. The largest absolute Gasteiger partial charge is 0.465 e. The van der Waals surface area contributed by atoms with Crippen molar-refractivity contribution in [3.8, 4) is 0 Å². The van der Waals surface area contributed by atoms with Gasteiger partial charge in [-0.05, 0) is 49.5 Å². The van der Waals surface area contributed by atoms with Gasteiger partial charge in [-0.2, -0.15) is 0 Å². The molecule has 0 atom stereocenters. The summed E-state index contributed by atoms with van der Waals surface area (Å²) in [7, 11) is 1.29. The van der Waals surface area contributed by atoms with Crippen LogP contribution in [0.15, 0.2) is 24.3 Å². The number of nitrogens with one attached hydrogen (secondary N) is 2. The monoisotopic (exact) mass is 439 g/mol. The second-order valence-electron chi connectivity index (χ2n) is 8.44. The van der Waals surface area contributed by atoms with Gasteiger partial charge >= 0.3 is 5.97 Å². The molecule has 2 aromatic rings. The van der Waals surface area contributed by atoms with Gasteiger partial charge < -0.3 is 15.0 Å². The predicted octanol–water partition coefficient (Wildman–Crippen LogP) is 3.55. The zero-order valence-electron chi connectivity index (χ0n) is 19.3. The Bertz CT molecular complexity index is 972. The number of hydrogen-bond donors (Lipinski definition) is 2. The van der Waals surface area contributed by atoms with E-state index in [1.807, 2.05) is 18.2 Å². The molecular formula is C25H33N3O4. The highest BCUT2D eigenvalue weighted by Gasteiger charge is 2.24. The first-order valence-electron chi connectivity index (χ1n) is 11.3. The second-order valence-corrected chi connectivity index (χ2v) is 8.44. The minimum Gasteiger partial charge on any atom is -0.465 e. The number of likely N-dealkylation sites (tertiary alicyclic amines) is 1. The number of carbonyl (C=O) groups excluding carboxylic acids is 3. The lowest BCUT2D eigenvalue weighted by atomic mass is 10.1. The van der Waals surface area contributed by atoms with Gasteiger partial charge in [-0.25, -0.2) is 4.79 Å². The molecule has 1 aromatic heterocycles. The molecule has 2 heterocycles. The molecule has 7 heteroatoms. The van der Waals surface area contributed by atoms with Crippen LogP contribution in [0.4, 0.5) is 0 Å². The van der Waals surface area contributed by atoms with Gasteiger partial charge in [-0.15, -0.1) is 0 Å². The van der Waals surface area contributed by atoms with Gasteiger partial charge in [0, 0.05) is 25.7 Å². The van der Waals surface area contributed by atoms with Crippen LogP contribution < -0.4 is 5.32 Å². The number of carbonyl (C=O) groups is 3. The molecule has 1 aliphatic heterocycles. The van der Waals surface area contributed by atoms with Crippen LogP contribution in [0, 0.1) is 6.92 Å². The molecule has 3 rings (SSSR count). The molecule has 1 aliphatic rings. The van der Waals surface area contributed by atoms with E-state index in [1.54, 1.807) is 6.92 Å². The van der Waals surface area contributed by atoms with Gasteiger partial charge in [0.25, 0.3) is 0 Å². The fourth-order valence-corrected chi connectivity index (χ4v) is 4.36. The number of ether oxygens (including phenoxy) is 1. The highest BCUT2D eigenvalue weighted by Crippen LogP contribution is 2.21. The van der Waals surface area contributed by atoms with Crippen molar-refractivity contribution in [2.24, 2.45) is 0 Å². The maximum atomic E-state index is 12.7. The van der Waals surface area contributed by atoms with E-state index in [0.29, 0.717) is 23.5 Å². The summed E-state index contributed by atoms with van der Waals surface area (Å²) >= 11 is 0. The number of ketones is 1. The van der Waals surface area contributed by atoms with Gasteiger partial charge in [-0.3, -0.25) is 14.5 Å².